The second kappa shape index (κ2) is 14.1. The Hall–Kier alpha value is -6.16. The average Bonchev–Trinajstić information content (AvgIpc) is 3.61. The van der Waals surface area contributed by atoms with Crippen LogP contribution < -0.4 is 18.9 Å². The molecule has 4 aromatic rings. The van der Waals surface area contributed by atoms with Crippen molar-refractivity contribution >= 4 is 35.6 Å². The largest absolute Gasteiger partial charge is 0.493 e. The van der Waals surface area contributed by atoms with E-state index in [1.54, 1.807) is 74.7 Å². The summed E-state index contributed by atoms with van der Waals surface area (Å²) >= 11 is 0. The third kappa shape index (κ3) is 6.41. The third-order valence-electron chi connectivity index (χ3n) is 7.93. The van der Waals surface area contributed by atoms with Gasteiger partial charge in [-0.05, 0) is 47.5 Å². The molecule has 0 unspecified atom stereocenters. The molecular weight excluding hydrogens is 608 g/mol. The summed E-state index contributed by atoms with van der Waals surface area (Å²) in [6, 6.07) is 29.8. The van der Waals surface area contributed by atoms with Crippen LogP contribution in [0.15, 0.2) is 118 Å². The van der Waals surface area contributed by atoms with Gasteiger partial charge in [0.25, 0.3) is 11.8 Å². The maximum Gasteiger partial charge on any atom is 0.278 e. The van der Waals surface area contributed by atoms with Gasteiger partial charge >= 0.3 is 0 Å². The molecule has 0 bridgehead atoms. The van der Waals surface area contributed by atoms with Crippen LogP contribution in [0.5, 0.6) is 23.0 Å². The molecular formula is C38H34N4O6. The summed E-state index contributed by atoms with van der Waals surface area (Å²) in [5.41, 5.74) is 3.54. The average molecular weight is 643 g/mol. The first-order chi connectivity index (χ1) is 23.4. The van der Waals surface area contributed by atoms with E-state index in [1.165, 1.54) is 0 Å². The molecule has 0 N–H and O–H groups in total. The third-order valence-corrected chi connectivity index (χ3v) is 7.93. The van der Waals surface area contributed by atoms with Gasteiger partial charge in [0.1, 0.15) is 23.1 Å². The van der Waals surface area contributed by atoms with E-state index in [4.69, 9.17) is 28.9 Å². The quantitative estimate of drug-likeness (QED) is 0.195. The number of ether oxygens (including phenoxy) is 4. The van der Waals surface area contributed by atoms with Gasteiger partial charge in [-0.3, -0.25) is 19.4 Å². The van der Waals surface area contributed by atoms with Crippen molar-refractivity contribution in [2.45, 2.75) is 0 Å². The van der Waals surface area contributed by atoms with Crippen molar-refractivity contribution in [2.75, 3.05) is 41.5 Å². The first kappa shape index (κ1) is 31.8. The molecule has 2 amide bonds. The van der Waals surface area contributed by atoms with Crippen LogP contribution in [0.3, 0.4) is 0 Å². The van der Waals surface area contributed by atoms with Crippen LogP contribution in [0.4, 0.5) is 0 Å². The molecule has 10 heteroatoms. The van der Waals surface area contributed by atoms with Gasteiger partial charge < -0.3 is 18.9 Å². The Morgan fingerprint density at radius 3 is 1.25 bits per heavy atom. The summed E-state index contributed by atoms with van der Waals surface area (Å²) in [7, 11) is 6.26. The second-order valence-corrected chi connectivity index (χ2v) is 10.8. The Kier molecular flexibility index (Phi) is 9.33. The maximum atomic E-state index is 13.9. The van der Waals surface area contributed by atoms with Gasteiger partial charge in [-0.1, -0.05) is 72.8 Å². The summed E-state index contributed by atoms with van der Waals surface area (Å²) in [6.45, 7) is 0.355. The Balaban J connectivity index is 1.32. The zero-order valence-electron chi connectivity index (χ0n) is 27.0. The minimum atomic E-state index is -0.283. The number of hydrogen-bond acceptors (Lipinski definition) is 8. The lowest BCUT2D eigenvalue weighted by Gasteiger charge is -2.23. The van der Waals surface area contributed by atoms with Crippen LogP contribution >= 0.6 is 0 Å². The molecule has 0 radical (unpaired) electrons. The number of aliphatic imine (C=N–C) groups is 2. The Morgan fingerprint density at radius 2 is 0.896 bits per heavy atom. The smallest absolute Gasteiger partial charge is 0.278 e. The van der Waals surface area contributed by atoms with Crippen molar-refractivity contribution in [3.63, 3.8) is 0 Å². The van der Waals surface area contributed by atoms with E-state index >= 15 is 0 Å². The lowest BCUT2D eigenvalue weighted by Crippen LogP contribution is -2.42. The van der Waals surface area contributed by atoms with Crippen LogP contribution in [0.25, 0.3) is 12.2 Å². The SMILES string of the molecule is COc1ccc(/C=C2\N=C(c3ccccc3)N(CCN3C(=O)/C(=C\c4ccc(OC)c(OC)c4)N=C3c3ccccc3)C2=O)cc1OC. The van der Waals surface area contributed by atoms with E-state index in [-0.39, 0.29) is 36.3 Å². The summed E-state index contributed by atoms with van der Waals surface area (Å²) in [5.74, 6) is 2.68. The van der Waals surface area contributed by atoms with Crippen molar-refractivity contribution in [3.05, 3.63) is 131 Å². The number of rotatable bonds is 11. The summed E-state index contributed by atoms with van der Waals surface area (Å²) in [6.07, 6.45) is 3.43. The fraction of sp³-hybridized carbons (Fsp3) is 0.158. The number of hydrogen-bond donors (Lipinski definition) is 0. The van der Waals surface area contributed by atoms with Gasteiger partial charge in [-0.25, -0.2) is 9.98 Å². The summed E-state index contributed by atoms with van der Waals surface area (Å²) < 4.78 is 21.6. The van der Waals surface area contributed by atoms with E-state index in [2.05, 4.69) is 0 Å². The maximum absolute atomic E-state index is 13.9. The number of nitrogens with zero attached hydrogens (tertiary/aromatic N) is 4. The van der Waals surface area contributed by atoms with Crippen molar-refractivity contribution in [3.8, 4) is 23.0 Å². The van der Waals surface area contributed by atoms with E-state index in [9.17, 15) is 9.59 Å². The van der Waals surface area contributed by atoms with Crippen LogP contribution in [-0.4, -0.2) is 74.8 Å². The standard InChI is InChI=1S/C38H34N4O6/c1-45-31-17-15-25(23-33(31)47-3)21-29-37(43)41(35(39-29)27-11-7-5-8-12-27)19-20-42-36(28-13-9-6-10-14-28)40-30(38(42)44)22-26-16-18-32(46-2)34(24-26)48-4/h5-18,21-24H,19-20H2,1-4H3/b29-21-,30-22+. The monoisotopic (exact) mass is 642 g/mol. The Bertz CT molecular complexity index is 1820. The van der Waals surface area contributed by atoms with Crippen molar-refractivity contribution in [1.82, 2.24) is 9.80 Å². The van der Waals surface area contributed by atoms with Gasteiger partial charge in [0, 0.05) is 24.2 Å². The summed E-state index contributed by atoms with van der Waals surface area (Å²) in [5, 5.41) is 0. The number of amidine groups is 2. The van der Waals surface area contributed by atoms with Crippen LogP contribution in [0.1, 0.15) is 22.3 Å². The lowest BCUT2D eigenvalue weighted by molar-refractivity contribution is -0.125. The van der Waals surface area contributed by atoms with Crippen LogP contribution in [0.2, 0.25) is 0 Å². The van der Waals surface area contributed by atoms with Crippen LogP contribution in [-0.2, 0) is 9.59 Å². The molecule has 10 nitrogen and oxygen atoms in total. The molecule has 4 aromatic carbocycles. The first-order valence-corrected chi connectivity index (χ1v) is 15.2. The normalized spacial score (nSPS) is 16.0. The summed E-state index contributed by atoms with van der Waals surface area (Å²) in [4.78, 5) is 40.6. The van der Waals surface area contributed by atoms with E-state index in [0.29, 0.717) is 34.7 Å². The minimum Gasteiger partial charge on any atom is -0.493 e. The minimum absolute atomic E-state index is 0.178. The molecule has 0 saturated carbocycles. The topological polar surface area (TPSA) is 102 Å². The fourth-order valence-corrected chi connectivity index (χ4v) is 5.53. The predicted molar refractivity (Wildman–Crippen MR) is 184 cm³/mol. The van der Waals surface area contributed by atoms with Crippen molar-refractivity contribution in [1.29, 1.82) is 0 Å². The molecule has 6 rings (SSSR count). The number of benzene rings is 4. The molecule has 2 heterocycles. The molecule has 242 valence electrons. The molecule has 0 saturated heterocycles. The van der Waals surface area contributed by atoms with Gasteiger partial charge in [0.05, 0.1) is 28.4 Å². The molecule has 0 fully saturated rings. The molecule has 2 aliphatic heterocycles. The highest BCUT2D eigenvalue weighted by Crippen LogP contribution is 2.32. The number of methoxy groups -OCH3 is 4. The predicted octanol–water partition coefficient (Wildman–Crippen LogP) is 5.68. The number of carbonyl (C=O) groups excluding carboxylic acids is 2. The molecule has 2 aliphatic rings. The number of carbonyl (C=O) groups is 2. The first-order valence-electron chi connectivity index (χ1n) is 15.2. The highest BCUT2D eigenvalue weighted by atomic mass is 16.5. The Morgan fingerprint density at radius 1 is 0.521 bits per heavy atom. The molecule has 0 aliphatic carbocycles. The molecule has 0 aromatic heterocycles. The zero-order valence-corrected chi connectivity index (χ0v) is 27.0. The van der Waals surface area contributed by atoms with E-state index in [1.807, 2.05) is 72.8 Å². The van der Waals surface area contributed by atoms with E-state index < -0.39 is 0 Å². The van der Waals surface area contributed by atoms with Gasteiger partial charge in [-0.2, -0.15) is 0 Å². The van der Waals surface area contributed by atoms with E-state index in [0.717, 1.165) is 22.3 Å². The molecule has 0 spiro atoms. The van der Waals surface area contributed by atoms with Gasteiger partial charge in [0.15, 0.2) is 23.0 Å². The van der Waals surface area contributed by atoms with Crippen molar-refractivity contribution < 1.29 is 28.5 Å². The van der Waals surface area contributed by atoms with Crippen LogP contribution in [0, 0.1) is 0 Å². The lowest BCUT2D eigenvalue weighted by atomic mass is 10.1. The molecule has 0 atom stereocenters. The molecule has 48 heavy (non-hydrogen) atoms. The fourth-order valence-electron chi connectivity index (χ4n) is 5.53. The van der Waals surface area contributed by atoms with Gasteiger partial charge in [-0.15, -0.1) is 0 Å². The zero-order chi connectivity index (χ0) is 33.6. The highest BCUT2D eigenvalue weighted by Gasteiger charge is 2.35. The van der Waals surface area contributed by atoms with Crippen molar-refractivity contribution in [2.24, 2.45) is 9.98 Å². The number of amides is 2. The van der Waals surface area contributed by atoms with Gasteiger partial charge in [0.2, 0.25) is 0 Å². The Labute approximate surface area is 278 Å². The highest BCUT2D eigenvalue weighted by molar-refractivity contribution is 6.21. The second-order valence-electron chi connectivity index (χ2n) is 10.8.